The van der Waals surface area contributed by atoms with E-state index in [1.165, 1.54) is 36.4 Å². The van der Waals surface area contributed by atoms with E-state index in [1.807, 2.05) is 0 Å². The normalized spacial score (nSPS) is 12.9. The van der Waals surface area contributed by atoms with Gasteiger partial charge < -0.3 is 18.9 Å². The molecule has 202 valence electrons. The Kier molecular flexibility index (Phi) is 6.37. The van der Waals surface area contributed by atoms with Crippen molar-refractivity contribution in [2.45, 2.75) is 0 Å². The van der Waals surface area contributed by atoms with E-state index in [0.29, 0.717) is 11.1 Å². The lowest BCUT2D eigenvalue weighted by Gasteiger charge is -2.05. The summed E-state index contributed by atoms with van der Waals surface area (Å²) in [6.07, 6.45) is 0. The summed E-state index contributed by atoms with van der Waals surface area (Å²) in [6.45, 7) is 0. The zero-order valence-corrected chi connectivity index (χ0v) is 21.2. The Hall–Kier alpha value is -6.34. The maximum absolute atomic E-state index is 12.5. The maximum Gasteiger partial charge on any atom is 0.346 e. The Labute approximate surface area is 236 Å². The lowest BCUT2D eigenvalue weighted by Crippen LogP contribution is -2.09. The molecule has 0 saturated carbocycles. The minimum atomic E-state index is -0.813. The molecule has 0 atom stereocenters. The summed E-state index contributed by atoms with van der Waals surface area (Å²) in [5.74, 6) is 1.90. The predicted octanol–water partition coefficient (Wildman–Crippen LogP) is 4.15. The Bertz CT molecular complexity index is 1780. The number of carbonyl (C=O) groups excluding carboxylic acids is 6. The number of fused-ring (bicyclic) bond motifs is 2. The van der Waals surface area contributed by atoms with Gasteiger partial charge in [-0.05, 0) is 84.9 Å². The number of carbonyl (C=O) groups is 6. The van der Waals surface area contributed by atoms with Crippen molar-refractivity contribution in [3.63, 3.8) is 0 Å². The molecule has 10 nitrogen and oxygen atoms in total. The van der Waals surface area contributed by atoms with E-state index in [1.54, 1.807) is 48.5 Å². The SMILES string of the molecule is O=C(Oc1ccc(C#Cc2ccc(OC(=O)c3ccc4c(c3)C(=O)OC4=O)cc2)cc1)c1ccc2c(c1)C(=O)OC2=O. The monoisotopic (exact) mass is 558 g/mol. The average Bonchev–Trinajstić information content (AvgIpc) is 3.45. The molecule has 0 N–H and O–H groups in total. The molecule has 0 amide bonds. The molecule has 0 aromatic heterocycles. The molecule has 4 aromatic rings. The van der Waals surface area contributed by atoms with Gasteiger partial charge in [0.2, 0.25) is 0 Å². The number of esters is 6. The first-order chi connectivity index (χ1) is 20.2. The van der Waals surface area contributed by atoms with E-state index < -0.39 is 35.8 Å². The van der Waals surface area contributed by atoms with Crippen molar-refractivity contribution in [2.75, 3.05) is 0 Å². The Balaban J connectivity index is 1.06. The smallest absolute Gasteiger partial charge is 0.346 e. The van der Waals surface area contributed by atoms with Crippen molar-refractivity contribution in [3.8, 4) is 23.3 Å². The molecular formula is C32H14O10. The van der Waals surface area contributed by atoms with E-state index in [9.17, 15) is 28.8 Å². The second-order valence-corrected chi connectivity index (χ2v) is 8.95. The quantitative estimate of drug-likeness (QED) is 0.155. The fourth-order valence-electron chi connectivity index (χ4n) is 4.11. The molecule has 2 heterocycles. The molecule has 0 radical (unpaired) electrons. The number of benzene rings is 4. The second kappa shape index (κ2) is 10.3. The Morgan fingerprint density at radius 1 is 0.476 bits per heavy atom. The lowest BCUT2D eigenvalue weighted by molar-refractivity contribution is 0.0425. The minimum Gasteiger partial charge on any atom is -0.423 e. The van der Waals surface area contributed by atoms with E-state index >= 15 is 0 Å². The zero-order chi connectivity index (χ0) is 29.4. The summed E-state index contributed by atoms with van der Waals surface area (Å²) >= 11 is 0. The van der Waals surface area contributed by atoms with Crippen LogP contribution in [0.4, 0.5) is 0 Å². The van der Waals surface area contributed by atoms with Gasteiger partial charge >= 0.3 is 35.8 Å². The summed E-state index contributed by atoms with van der Waals surface area (Å²) < 4.78 is 19.7. The summed E-state index contributed by atoms with van der Waals surface area (Å²) in [4.78, 5) is 71.6. The van der Waals surface area contributed by atoms with Crippen LogP contribution >= 0.6 is 0 Å². The summed E-state index contributed by atoms with van der Waals surface area (Å²) in [7, 11) is 0. The molecule has 42 heavy (non-hydrogen) atoms. The van der Waals surface area contributed by atoms with Crippen LogP contribution in [-0.2, 0) is 9.47 Å². The third-order valence-corrected chi connectivity index (χ3v) is 6.24. The predicted molar refractivity (Wildman–Crippen MR) is 141 cm³/mol. The first-order valence-corrected chi connectivity index (χ1v) is 12.2. The van der Waals surface area contributed by atoms with Crippen molar-refractivity contribution in [1.29, 1.82) is 0 Å². The van der Waals surface area contributed by atoms with Gasteiger partial charge in [-0.15, -0.1) is 0 Å². The first-order valence-electron chi connectivity index (χ1n) is 12.2. The highest BCUT2D eigenvalue weighted by Gasteiger charge is 2.31. The summed E-state index contributed by atoms with van der Waals surface area (Å²) in [6, 6.07) is 20.8. The molecule has 6 rings (SSSR count). The Morgan fingerprint density at radius 2 is 0.833 bits per heavy atom. The van der Waals surface area contributed by atoms with Gasteiger partial charge in [0.25, 0.3) is 0 Å². The second-order valence-electron chi connectivity index (χ2n) is 8.95. The van der Waals surface area contributed by atoms with Gasteiger partial charge in [-0.1, -0.05) is 11.8 Å². The molecule has 0 unspecified atom stereocenters. The van der Waals surface area contributed by atoms with Crippen LogP contribution in [0.2, 0.25) is 0 Å². The first kappa shape index (κ1) is 25.9. The lowest BCUT2D eigenvalue weighted by atomic mass is 10.1. The third-order valence-electron chi connectivity index (χ3n) is 6.24. The van der Waals surface area contributed by atoms with Crippen LogP contribution in [0.5, 0.6) is 11.5 Å². The molecular weight excluding hydrogens is 544 g/mol. The molecule has 4 aromatic carbocycles. The molecule has 0 bridgehead atoms. The Morgan fingerprint density at radius 3 is 1.21 bits per heavy atom. The number of ether oxygens (including phenoxy) is 4. The van der Waals surface area contributed by atoms with E-state index in [4.69, 9.17) is 9.47 Å². The molecule has 10 heteroatoms. The summed E-state index contributed by atoms with van der Waals surface area (Å²) in [5, 5.41) is 0. The van der Waals surface area contributed by atoms with Crippen LogP contribution in [0.1, 0.15) is 73.3 Å². The molecule has 0 aliphatic carbocycles. The highest BCUT2D eigenvalue weighted by Crippen LogP contribution is 2.24. The standard InChI is InChI=1S/C32H14O10/c33-27(19-7-13-23-25(15-19)31(37)41-29(23)35)39-21-9-3-17(4-10-21)1-2-18-5-11-22(12-6-18)40-28(34)20-8-14-24-26(16-20)32(38)42-30(24)36/h3-16H. The van der Waals surface area contributed by atoms with Gasteiger partial charge in [0, 0.05) is 11.1 Å². The van der Waals surface area contributed by atoms with Crippen LogP contribution in [0.25, 0.3) is 0 Å². The highest BCUT2D eigenvalue weighted by atomic mass is 16.6. The fourth-order valence-corrected chi connectivity index (χ4v) is 4.11. The van der Waals surface area contributed by atoms with Crippen LogP contribution in [0.15, 0.2) is 84.9 Å². The fraction of sp³-hybridized carbons (Fsp3) is 0. The van der Waals surface area contributed by atoms with E-state index in [-0.39, 0.29) is 44.9 Å². The molecule has 2 aliphatic heterocycles. The van der Waals surface area contributed by atoms with Gasteiger partial charge in [-0.25, -0.2) is 28.8 Å². The van der Waals surface area contributed by atoms with Gasteiger partial charge in [0.05, 0.1) is 33.4 Å². The molecule has 0 fully saturated rings. The third kappa shape index (κ3) is 5.01. The van der Waals surface area contributed by atoms with Crippen LogP contribution < -0.4 is 9.47 Å². The van der Waals surface area contributed by atoms with Crippen LogP contribution in [0, 0.1) is 11.8 Å². The minimum absolute atomic E-state index is 0.0114. The van der Waals surface area contributed by atoms with E-state index in [0.717, 1.165) is 0 Å². The van der Waals surface area contributed by atoms with Gasteiger partial charge in [0.1, 0.15) is 11.5 Å². The van der Waals surface area contributed by atoms with E-state index in [2.05, 4.69) is 21.3 Å². The number of cyclic esters (lactones) is 4. The molecule has 0 saturated heterocycles. The van der Waals surface area contributed by atoms with Crippen LogP contribution in [0.3, 0.4) is 0 Å². The average molecular weight is 558 g/mol. The van der Waals surface area contributed by atoms with Gasteiger partial charge in [-0.2, -0.15) is 0 Å². The topological polar surface area (TPSA) is 139 Å². The van der Waals surface area contributed by atoms with Gasteiger partial charge in [-0.3, -0.25) is 0 Å². The molecule has 0 spiro atoms. The summed E-state index contributed by atoms with van der Waals surface area (Å²) in [5.41, 5.74) is 1.67. The van der Waals surface area contributed by atoms with Crippen molar-refractivity contribution in [2.24, 2.45) is 0 Å². The largest absolute Gasteiger partial charge is 0.423 e. The number of rotatable bonds is 4. The van der Waals surface area contributed by atoms with Crippen molar-refractivity contribution >= 4 is 35.8 Å². The van der Waals surface area contributed by atoms with Gasteiger partial charge in [0.15, 0.2) is 0 Å². The van der Waals surface area contributed by atoms with Crippen molar-refractivity contribution < 1.29 is 47.7 Å². The number of hydrogen-bond acceptors (Lipinski definition) is 10. The number of hydrogen-bond donors (Lipinski definition) is 0. The van der Waals surface area contributed by atoms with Crippen molar-refractivity contribution in [3.05, 3.63) is 129 Å². The maximum atomic E-state index is 12.5. The van der Waals surface area contributed by atoms with Crippen LogP contribution in [-0.4, -0.2) is 35.8 Å². The molecule has 2 aliphatic rings. The van der Waals surface area contributed by atoms with Crippen molar-refractivity contribution in [1.82, 2.24) is 0 Å². The highest BCUT2D eigenvalue weighted by molar-refractivity contribution is 6.16. The zero-order valence-electron chi connectivity index (χ0n) is 21.2.